The summed E-state index contributed by atoms with van der Waals surface area (Å²) in [4.78, 5) is 11.4. The van der Waals surface area contributed by atoms with Gasteiger partial charge in [0.2, 0.25) is 10.0 Å². The van der Waals surface area contributed by atoms with Crippen LogP contribution in [-0.2, 0) is 16.6 Å². The number of hydrogen-bond donors (Lipinski definition) is 2. The molecule has 2 N–H and O–H groups in total. The third-order valence-corrected chi connectivity index (χ3v) is 10.8. The summed E-state index contributed by atoms with van der Waals surface area (Å²) in [6, 6.07) is 27.3. The van der Waals surface area contributed by atoms with Gasteiger partial charge in [-0.1, -0.05) is 59.6 Å². The predicted molar refractivity (Wildman–Crippen MR) is 175 cm³/mol. The van der Waals surface area contributed by atoms with Gasteiger partial charge in [-0.15, -0.1) is 0 Å². The van der Waals surface area contributed by atoms with Crippen molar-refractivity contribution in [3.05, 3.63) is 129 Å². The second-order valence-corrected chi connectivity index (χ2v) is 14.0. The molecule has 0 spiro atoms. The molecule has 0 aliphatic carbocycles. The molecule has 5 aromatic rings. The average molecular weight is 665 g/mol. The van der Waals surface area contributed by atoms with Crippen LogP contribution in [-0.4, -0.2) is 58.4 Å². The Hall–Kier alpha value is -3.73. The van der Waals surface area contributed by atoms with Gasteiger partial charge in [-0.3, -0.25) is 4.68 Å². The fourth-order valence-electron chi connectivity index (χ4n) is 6.16. The van der Waals surface area contributed by atoms with E-state index in [0.717, 1.165) is 33.3 Å². The summed E-state index contributed by atoms with van der Waals surface area (Å²) in [5.74, 6) is -1.29. The lowest BCUT2D eigenvalue weighted by atomic mass is 9.84. The fourth-order valence-corrected chi connectivity index (χ4v) is 7.93. The van der Waals surface area contributed by atoms with Gasteiger partial charge in [0.05, 0.1) is 34.8 Å². The summed E-state index contributed by atoms with van der Waals surface area (Å²) < 4.78 is 30.0. The number of aromatic nitrogens is 2. The van der Waals surface area contributed by atoms with Gasteiger partial charge in [0.25, 0.3) is 0 Å². The van der Waals surface area contributed by atoms with Crippen molar-refractivity contribution >= 4 is 50.1 Å². The molecule has 4 aromatic carbocycles. The second kappa shape index (κ2) is 12.9. The number of nitrogens with zero attached hydrogens (tertiary/aromatic N) is 3. The number of carboxylic acids is 1. The van der Waals surface area contributed by atoms with Crippen LogP contribution in [0.25, 0.3) is 10.9 Å². The van der Waals surface area contributed by atoms with Crippen molar-refractivity contribution in [2.75, 3.05) is 19.7 Å². The molecule has 45 heavy (non-hydrogen) atoms. The number of carbonyl (C=O) groups is 1. The van der Waals surface area contributed by atoms with Crippen LogP contribution in [0.15, 0.2) is 95.9 Å². The summed E-state index contributed by atoms with van der Waals surface area (Å²) in [5, 5.41) is 26.3. The Bertz CT molecular complexity index is 1910. The number of aromatic carboxylic acids is 1. The van der Waals surface area contributed by atoms with Crippen molar-refractivity contribution in [1.29, 1.82) is 0 Å². The van der Waals surface area contributed by atoms with Crippen molar-refractivity contribution in [2.24, 2.45) is 0 Å². The summed E-state index contributed by atoms with van der Waals surface area (Å²) in [5.41, 5.74) is 4.88. The molecule has 0 amide bonds. The standard InChI is InChI=1S/C34H31Cl2N3O5S/c35-27-9-4-22(5-10-27)32(23-6-11-28(36)12-7-23)25-8-13-31-30(21-25)33(37-39(31)18-19-40)24-14-16-38(17-15-24)45(43,44)29-3-1-2-26(20-29)34(41)42/h1-13,20-21,24,32,40H,14-19H2,(H,41,42). The molecule has 0 saturated carbocycles. The smallest absolute Gasteiger partial charge is 0.335 e. The van der Waals surface area contributed by atoms with E-state index in [0.29, 0.717) is 29.4 Å². The lowest BCUT2D eigenvalue weighted by molar-refractivity contribution is 0.0696. The maximum atomic E-state index is 13.4. The van der Waals surface area contributed by atoms with Crippen LogP contribution < -0.4 is 0 Å². The highest BCUT2D eigenvalue weighted by Gasteiger charge is 2.32. The number of hydrogen-bond acceptors (Lipinski definition) is 5. The van der Waals surface area contributed by atoms with Crippen LogP contribution in [0.4, 0.5) is 0 Å². The molecule has 0 atom stereocenters. The molecule has 1 saturated heterocycles. The molecule has 2 heterocycles. The first-order chi connectivity index (χ1) is 21.7. The number of carboxylic acid groups (broad SMARTS) is 1. The number of rotatable bonds is 9. The third-order valence-electron chi connectivity index (χ3n) is 8.41. The van der Waals surface area contributed by atoms with Crippen molar-refractivity contribution in [1.82, 2.24) is 14.1 Å². The van der Waals surface area contributed by atoms with Gasteiger partial charge in [-0.05, 0) is 84.1 Å². The van der Waals surface area contributed by atoms with Gasteiger partial charge in [0, 0.05) is 40.4 Å². The molecular formula is C34H31Cl2N3O5S. The van der Waals surface area contributed by atoms with Crippen molar-refractivity contribution in [3.8, 4) is 0 Å². The lowest BCUT2D eigenvalue weighted by Gasteiger charge is -2.30. The van der Waals surface area contributed by atoms with Crippen molar-refractivity contribution in [3.63, 3.8) is 0 Å². The van der Waals surface area contributed by atoms with E-state index < -0.39 is 16.0 Å². The van der Waals surface area contributed by atoms with E-state index in [1.807, 2.05) is 59.3 Å². The van der Waals surface area contributed by atoms with E-state index >= 15 is 0 Å². The summed E-state index contributed by atoms with van der Waals surface area (Å²) >= 11 is 12.5. The number of benzene rings is 4. The Morgan fingerprint density at radius 3 is 2.04 bits per heavy atom. The Balaban J connectivity index is 1.35. The number of aliphatic hydroxyl groups excluding tert-OH is 1. The van der Waals surface area contributed by atoms with Crippen LogP contribution in [0.1, 0.15) is 57.4 Å². The summed E-state index contributed by atoms with van der Waals surface area (Å²) in [6.45, 7) is 0.816. The summed E-state index contributed by atoms with van der Waals surface area (Å²) in [7, 11) is -3.86. The zero-order valence-electron chi connectivity index (χ0n) is 24.2. The highest BCUT2D eigenvalue weighted by molar-refractivity contribution is 7.89. The minimum Gasteiger partial charge on any atom is -0.478 e. The van der Waals surface area contributed by atoms with E-state index in [1.54, 1.807) is 0 Å². The molecule has 0 radical (unpaired) electrons. The molecule has 0 unspecified atom stereocenters. The zero-order chi connectivity index (χ0) is 31.7. The monoisotopic (exact) mass is 663 g/mol. The second-order valence-electron chi connectivity index (χ2n) is 11.2. The Labute approximate surface area is 271 Å². The van der Waals surface area contributed by atoms with Gasteiger partial charge in [0.1, 0.15) is 0 Å². The first kappa shape index (κ1) is 31.3. The third kappa shape index (κ3) is 6.36. The van der Waals surface area contributed by atoms with E-state index in [4.69, 9.17) is 28.3 Å². The van der Waals surface area contributed by atoms with Gasteiger partial charge in [-0.2, -0.15) is 9.40 Å². The fraction of sp³-hybridized carbons (Fsp3) is 0.235. The maximum absolute atomic E-state index is 13.4. The number of aliphatic hydroxyl groups is 1. The van der Waals surface area contributed by atoms with E-state index in [1.165, 1.54) is 28.6 Å². The van der Waals surface area contributed by atoms with Crippen LogP contribution >= 0.6 is 23.2 Å². The molecule has 8 nitrogen and oxygen atoms in total. The maximum Gasteiger partial charge on any atom is 0.335 e. The lowest BCUT2D eigenvalue weighted by Crippen LogP contribution is -2.38. The number of piperidine rings is 1. The minimum atomic E-state index is -3.86. The number of halogens is 2. The first-order valence-electron chi connectivity index (χ1n) is 14.6. The Morgan fingerprint density at radius 1 is 0.867 bits per heavy atom. The average Bonchev–Trinajstić information content (AvgIpc) is 3.41. The molecule has 232 valence electrons. The molecule has 1 aliphatic heterocycles. The van der Waals surface area contributed by atoms with Crippen molar-refractivity contribution in [2.45, 2.75) is 36.1 Å². The molecule has 6 rings (SSSR count). The van der Waals surface area contributed by atoms with Gasteiger partial charge in [-0.25, -0.2) is 13.2 Å². The van der Waals surface area contributed by atoms with E-state index in [9.17, 15) is 23.4 Å². The van der Waals surface area contributed by atoms with Gasteiger partial charge >= 0.3 is 5.97 Å². The Kier molecular flexibility index (Phi) is 8.99. The SMILES string of the molecule is O=C(O)c1cccc(S(=O)(=O)N2CCC(c3nn(CCO)c4ccc(C(c5ccc(Cl)cc5)c5ccc(Cl)cc5)cc34)CC2)c1. The van der Waals surface area contributed by atoms with Crippen LogP contribution in [0.3, 0.4) is 0 Å². The molecular weight excluding hydrogens is 633 g/mol. The molecule has 1 fully saturated rings. The summed E-state index contributed by atoms with van der Waals surface area (Å²) in [6.07, 6.45) is 1.09. The highest BCUT2D eigenvalue weighted by Crippen LogP contribution is 2.39. The zero-order valence-corrected chi connectivity index (χ0v) is 26.5. The predicted octanol–water partition coefficient (Wildman–Crippen LogP) is 6.78. The molecule has 1 aromatic heterocycles. The molecule has 11 heteroatoms. The first-order valence-corrected chi connectivity index (χ1v) is 16.8. The number of sulfonamides is 1. The normalized spacial score (nSPS) is 14.8. The van der Waals surface area contributed by atoms with E-state index in [-0.39, 0.29) is 42.0 Å². The molecule has 0 bridgehead atoms. The van der Waals surface area contributed by atoms with Crippen LogP contribution in [0, 0.1) is 0 Å². The van der Waals surface area contributed by atoms with Crippen LogP contribution in [0.2, 0.25) is 10.0 Å². The van der Waals surface area contributed by atoms with Crippen molar-refractivity contribution < 1.29 is 23.4 Å². The molecule has 1 aliphatic rings. The largest absolute Gasteiger partial charge is 0.478 e. The highest BCUT2D eigenvalue weighted by atomic mass is 35.5. The topological polar surface area (TPSA) is 113 Å². The number of fused-ring (bicyclic) bond motifs is 1. The van der Waals surface area contributed by atoms with E-state index in [2.05, 4.69) is 12.1 Å². The van der Waals surface area contributed by atoms with Crippen LogP contribution in [0.5, 0.6) is 0 Å². The van der Waals surface area contributed by atoms with Gasteiger partial charge in [0.15, 0.2) is 0 Å². The minimum absolute atomic E-state index is 0.0102. The Morgan fingerprint density at radius 2 is 1.47 bits per heavy atom. The quantitative estimate of drug-likeness (QED) is 0.168. The van der Waals surface area contributed by atoms with Gasteiger partial charge < -0.3 is 10.2 Å².